The van der Waals surface area contributed by atoms with Crippen LogP contribution in [0.15, 0.2) is 54.6 Å². The summed E-state index contributed by atoms with van der Waals surface area (Å²) >= 11 is 0. The molecule has 0 unspecified atom stereocenters. The fraction of sp³-hybridized carbons (Fsp3) is 0.368. The number of benzene rings is 2. The van der Waals surface area contributed by atoms with Gasteiger partial charge in [-0.15, -0.1) is 0 Å². The van der Waals surface area contributed by atoms with Crippen LogP contribution in [0.1, 0.15) is 5.56 Å². The second kappa shape index (κ2) is 9.93. The van der Waals surface area contributed by atoms with Crippen molar-refractivity contribution in [1.82, 2.24) is 4.90 Å². The number of aliphatic hydroxyl groups is 2. The number of nitrogens with zero attached hydrogens (tertiary/aromatic N) is 1. The summed E-state index contributed by atoms with van der Waals surface area (Å²) in [6, 6.07) is 17.3. The Bertz CT molecular complexity index is 591. The minimum atomic E-state index is -0.662. The molecule has 2 aromatic carbocycles. The summed E-state index contributed by atoms with van der Waals surface area (Å²) in [7, 11) is 1.58. The molecule has 5 heteroatoms. The van der Waals surface area contributed by atoms with E-state index < -0.39 is 6.10 Å². The lowest BCUT2D eigenvalue weighted by molar-refractivity contribution is 0.0582. The van der Waals surface area contributed by atoms with Crippen molar-refractivity contribution in [1.29, 1.82) is 0 Å². The third-order valence-electron chi connectivity index (χ3n) is 3.63. The molecule has 0 fully saturated rings. The van der Waals surface area contributed by atoms with Crippen LogP contribution in [-0.2, 0) is 6.54 Å². The van der Waals surface area contributed by atoms with Crippen LogP contribution in [0.3, 0.4) is 0 Å². The van der Waals surface area contributed by atoms with Gasteiger partial charge in [0.15, 0.2) is 11.5 Å². The molecule has 0 spiro atoms. The number of hydrogen-bond acceptors (Lipinski definition) is 5. The van der Waals surface area contributed by atoms with E-state index in [1.54, 1.807) is 13.2 Å². The molecular formula is C19H25NO4. The molecule has 1 atom stereocenters. The van der Waals surface area contributed by atoms with Crippen molar-refractivity contribution in [2.45, 2.75) is 12.6 Å². The molecule has 2 N–H and O–H groups in total. The maximum Gasteiger partial charge on any atom is 0.161 e. The molecule has 0 amide bonds. The number of para-hydroxylation sites is 2. The van der Waals surface area contributed by atoms with Crippen molar-refractivity contribution >= 4 is 0 Å². The van der Waals surface area contributed by atoms with E-state index in [9.17, 15) is 10.2 Å². The SMILES string of the molecule is COc1ccccc1OC[C@H](O)CN(CCO)Cc1ccccc1. The molecule has 0 aliphatic rings. The largest absolute Gasteiger partial charge is 0.493 e. The van der Waals surface area contributed by atoms with Gasteiger partial charge in [0.25, 0.3) is 0 Å². The number of aliphatic hydroxyl groups excluding tert-OH is 2. The molecule has 0 radical (unpaired) electrons. The van der Waals surface area contributed by atoms with Crippen molar-refractivity contribution in [2.75, 3.05) is 33.4 Å². The van der Waals surface area contributed by atoms with Gasteiger partial charge in [0, 0.05) is 19.6 Å². The van der Waals surface area contributed by atoms with Crippen molar-refractivity contribution in [3.05, 3.63) is 60.2 Å². The molecule has 0 aromatic heterocycles. The first-order valence-corrected chi connectivity index (χ1v) is 8.04. The van der Waals surface area contributed by atoms with E-state index in [0.29, 0.717) is 31.1 Å². The smallest absolute Gasteiger partial charge is 0.161 e. The highest BCUT2D eigenvalue weighted by Gasteiger charge is 2.14. The van der Waals surface area contributed by atoms with Crippen LogP contribution in [0.25, 0.3) is 0 Å². The third kappa shape index (κ3) is 5.85. The quantitative estimate of drug-likeness (QED) is 0.697. The standard InChI is InChI=1S/C19H25NO4/c1-23-18-9-5-6-10-19(18)24-15-17(22)14-20(11-12-21)13-16-7-3-2-4-8-16/h2-10,17,21-22H,11-15H2,1H3/t17-/m1/s1. The molecule has 0 heterocycles. The fourth-order valence-electron chi connectivity index (χ4n) is 2.49. The van der Waals surface area contributed by atoms with Crippen LogP contribution in [-0.4, -0.2) is 54.6 Å². The molecule has 0 saturated carbocycles. The highest BCUT2D eigenvalue weighted by atomic mass is 16.5. The Morgan fingerprint density at radius 3 is 2.33 bits per heavy atom. The average Bonchev–Trinajstić information content (AvgIpc) is 2.61. The Labute approximate surface area is 143 Å². The van der Waals surface area contributed by atoms with Crippen LogP contribution in [0.4, 0.5) is 0 Å². The van der Waals surface area contributed by atoms with Crippen LogP contribution >= 0.6 is 0 Å². The summed E-state index contributed by atoms with van der Waals surface area (Å²) in [6.07, 6.45) is -0.662. The summed E-state index contributed by atoms with van der Waals surface area (Å²) in [5, 5.41) is 19.5. The monoisotopic (exact) mass is 331 g/mol. The molecule has 2 rings (SSSR count). The van der Waals surface area contributed by atoms with E-state index >= 15 is 0 Å². The number of rotatable bonds is 10. The van der Waals surface area contributed by atoms with Gasteiger partial charge in [-0.3, -0.25) is 4.90 Å². The highest BCUT2D eigenvalue weighted by molar-refractivity contribution is 5.39. The van der Waals surface area contributed by atoms with Gasteiger partial charge in [-0.2, -0.15) is 0 Å². The number of hydrogen-bond donors (Lipinski definition) is 2. The van der Waals surface area contributed by atoms with Gasteiger partial charge in [-0.1, -0.05) is 42.5 Å². The van der Waals surface area contributed by atoms with Gasteiger partial charge in [-0.25, -0.2) is 0 Å². The van der Waals surface area contributed by atoms with Crippen LogP contribution < -0.4 is 9.47 Å². The molecule has 2 aromatic rings. The minimum absolute atomic E-state index is 0.0485. The zero-order chi connectivity index (χ0) is 17.2. The van der Waals surface area contributed by atoms with Crippen molar-refractivity contribution in [2.24, 2.45) is 0 Å². The van der Waals surface area contributed by atoms with Gasteiger partial charge < -0.3 is 19.7 Å². The van der Waals surface area contributed by atoms with Gasteiger partial charge in [-0.05, 0) is 17.7 Å². The topological polar surface area (TPSA) is 62.2 Å². The molecule has 0 aliphatic heterocycles. The lowest BCUT2D eigenvalue weighted by Gasteiger charge is -2.24. The highest BCUT2D eigenvalue weighted by Crippen LogP contribution is 2.25. The molecular weight excluding hydrogens is 306 g/mol. The molecule has 24 heavy (non-hydrogen) atoms. The van der Waals surface area contributed by atoms with E-state index in [4.69, 9.17) is 9.47 Å². The first kappa shape index (κ1) is 18.3. The van der Waals surface area contributed by atoms with Crippen LogP contribution in [0, 0.1) is 0 Å². The second-order valence-electron chi connectivity index (χ2n) is 5.56. The predicted molar refractivity (Wildman–Crippen MR) is 93.3 cm³/mol. The zero-order valence-corrected chi connectivity index (χ0v) is 14.0. The van der Waals surface area contributed by atoms with Crippen molar-refractivity contribution < 1.29 is 19.7 Å². The Hall–Kier alpha value is -2.08. The Kier molecular flexibility index (Phi) is 7.55. The van der Waals surface area contributed by atoms with E-state index in [1.165, 1.54) is 0 Å². The molecule has 5 nitrogen and oxygen atoms in total. The Morgan fingerprint density at radius 1 is 1.00 bits per heavy atom. The first-order valence-electron chi connectivity index (χ1n) is 8.04. The normalized spacial score (nSPS) is 12.2. The van der Waals surface area contributed by atoms with E-state index in [1.807, 2.05) is 53.4 Å². The lowest BCUT2D eigenvalue weighted by atomic mass is 10.2. The zero-order valence-electron chi connectivity index (χ0n) is 14.0. The van der Waals surface area contributed by atoms with Gasteiger partial charge in [0.1, 0.15) is 12.7 Å². The average molecular weight is 331 g/mol. The third-order valence-corrected chi connectivity index (χ3v) is 3.63. The maximum atomic E-state index is 10.3. The Balaban J connectivity index is 1.87. The van der Waals surface area contributed by atoms with E-state index in [0.717, 1.165) is 5.56 Å². The predicted octanol–water partition coefficient (Wildman–Crippen LogP) is 1.93. The fourth-order valence-corrected chi connectivity index (χ4v) is 2.49. The summed E-state index contributed by atoms with van der Waals surface area (Å²) in [5.41, 5.74) is 1.14. The van der Waals surface area contributed by atoms with Gasteiger partial charge in [0.05, 0.1) is 13.7 Å². The van der Waals surface area contributed by atoms with Gasteiger partial charge >= 0.3 is 0 Å². The van der Waals surface area contributed by atoms with Crippen LogP contribution in [0.5, 0.6) is 11.5 Å². The Morgan fingerprint density at radius 2 is 1.67 bits per heavy atom. The molecule has 0 saturated heterocycles. The second-order valence-corrected chi connectivity index (χ2v) is 5.56. The van der Waals surface area contributed by atoms with Crippen LogP contribution in [0.2, 0.25) is 0 Å². The van der Waals surface area contributed by atoms with E-state index in [2.05, 4.69) is 0 Å². The van der Waals surface area contributed by atoms with Crippen molar-refractivity contribution in [3.63, 3.8) is 0 Å². The molecule has 0 bridgehead atoms. The molecule has 130 valence electrons. The summed E-state index contributed by atoms with van der Waals surface area (Å²) in [6.45, 7) is 1.81. The minimum Gasteiger partial charge on any atom is -0.493 e. The number of ether oxygens (including phenoxy) is 2. The van der Waals surface area contributed by atoms with E-state index in [-0.39, 0.29) is 13.2 Å². The summed E-state index contributed by atoms with van der Waals surface area (Å²) in [5.74, 6) is 1.25. The summed E-state index contributed by atoms with van der Waals surface area (Å²) < 4.78 is 10.9. The van der Waals surface area contributed by atoms with Gasteiger partial charge in [0.2, 0.25) is 0 Å². The summed E-state index contributed by atoms with van der Waals surface area (Å²) in [4.78, 5) is 2.01. The lowest BCUT2D eigenvalue weighted by Crippen LogP contribution is -2.37. The van der Waals surface area contributed by atoms with Crippen molar-refractivity contribution in [3.8, 4) is 11.5 Å². The maximum absolute atomic E-state index is 10.3. The first-order chi connectivity index (χ1) is 11.7. The number of methoxy groups -OCH3 is 1. The molecule has 0 aliphatic carbocycles.